The number of aliphatic hydroxyl groups is 1. The lowest BCUT2D eigenvalue weighted by molar-refractivity contribution is 0.0525. The van der Waals surface area contributed by atoms with Crippen molar-refractivity contribution >= 4 is 11.8 Å². The summed E-state index contributed by atoms with van der Waals surface area (Å²) in [5.41, 5.74) is 1.36. The highest BCUT2D eigenvalue weighted by Crippen LogP contribution is 2.26. The lowest BCUT2D eigenvalue weighted by atomic mass is 9.97. The molecule has 0 aromatic heterocycles. The average Bonchev–Trinajstić information content (AvgIpc) is 2.36. The molecule has 0 radical (unpaired) electrons. The Morgan fingerprint density at radius 1 is 1.35 bits per heavy atom. The molecule has 0 aliphatic carbocycles. The van der Waals surface area contributed by atoms with E-state index in [0.717, 1.165) is 0 Å². The average molecular weight is 280 g/mol. The van der Waals surface area contributed by atoms with Gasteiger partial charge in [-0.1, -0.05) is 0 Å². The zero-order valence-electron chi connectivity index (χ0n) is 12.2. The van der Waals surface area contributed by atoms with Crippen molar-refractivity contribution in [2.75, 3.05) is 13.7 Å². The molecule has 0 spiro atoms. The van der Waals surface area contributed by atoms with Crippen LogP contribution < -0.4 is 4.74 Å². The molecule has 0 amide bonds. The topological polar surface area (TPSA) is 72.8 Å². The van der Waals surface area contributed by atoms with Gasteiger partial charge in [0.25, 0.3) is 0 Å². The monoisotopic (exact) mass is 280 g/mol. The van der Waals surface area contributed by atoms with Crippen molar-refractivity contribution in [3.8, 4) is 5.75 Å². The Morgan fingerprint density at radius 2 is 2.00 bits per heavy atom. The van der Waals surface area contributed by atoms with E-state index in [4.69, 9.17) is 9.47 Å². The van der Waals surface area contributed by atoms with Gasteiger partial charge in [-0.25, -0.2) is 4.79 Å². The van der Waals surface area contributed by atoms with E-state index in [2.05, 4.69) is 0 Å². The van der Waals surface area contributed by atoms with Gasteiger partial charge in [0, 0.05) is 6.42 Å². The zero-order valence-corrected chi connectivity index (χ0v) is 12.2. The molecule has 0 saturated carbocycles. The summed E-state index contributed by atoms with van der Waals surface area (Å²) in [6, 6.07) is 3.08. The van der Waals surface area contributed by atoms with Gasteiger partial charge < -0.3 is 14.6 Å². The molecule has 0 aliphatic heterocycles. The maximum atomic E-state index is 12.1. The molecule has 0 bridgehead atoms. The molecule has 0 aliphatic rings. The van der Waals surface area contributed by atoms with Crippen LogP contribution in [0, 0.1) is 6.92 Å². The smallest absolute Gasteiger partial charge is 0.338 e. The third-order valence-electron chi connectivity index (χ3n) is 2.79. The molecule has 1 aromatic rings. The van der Waals surface area contributed by atoms with Crippen LogP contribution in [-0.4, -0.2) is 36.7 Å². The number of ketones is 1. The van der Waals surface area contributed by atoms with Crippen LogP contribution in [0.4, 0.5) is 0 Å². The lowest BCUT2D eigenvalue weighted by Crippen LogP contribution is -2.13. The number of rotatable bonds is 6. The van der Waals surface area contributed by atoms with Gasteiger partial charge in [0.05, 0.1) is 30.9 Å². The normalized spacial score (nSPS) is 11.8. The molecular weight excluding hydrogens is 260 g/mol. The van der Waals surface area contributed by atoms with Gasteiger partial charge in [-0.2, -0.15) is 0 Å². The number of carbonyl (C=O) groups is 2. The minimum atomic E-state index is -0.726. The van der Waals surface area contributed by atoms with Crippen molar-refractivity contribution in [1.29, 1.82) is 0 Å². The van der Waals surface area contributed by atoms with Gasteiger partial charge in [0.15, 0.2) is 5.78 Å². The Balaban J connectivity index is 3.21. The summed E-state index contributed by atoms with van der Waals surface area (Å²) >= 11 is 0. The number of hydrogen-bond acceptors (Lipinski definition) is 5. The van der Waals surface area contributed by atoms with Crippen LogP contribution >= 0.6 is 0 Å². The minimum Gasteiger partial charge on any atom is -0.496 e. The van der Waals surface area contributed by atoms with Crippen LogP contribution in [-0.2, 0) is 4.74 Å². The molecule has 1 N–H and O–H groups in total. The van der Waals surface area contributed by atoms with Crippen LogP contribution in [0.15, 0.2) is 12.1 Å². The number of esters is 1. The van der Waals surface area contributed by atoms with E-state index in [9.17, 15) is 14.7 Å². The molecular formula is C15H20O5. The fraction of sp³-hybridized carbons (Fsp3) is 0.467. The minimum absolute atomic E-state index is 0.00987. The number of hydrogen-bond donors (Lipinski definition) is 1. The van der Waals surface area contributed by atoms with E-state index >= 15 is 0 Å². The van der Waals surface area contributed by atoms with Crippen molar-refractivity contribution < 1.29 is 24.2 Å². The highest BCUT2D eigenvalue weighted by atomic mass is 16.5. The Labute approximate surface area is 118 Å². The molecule has 110 valence electrons. The zero-order chi connectivity index (χ0) is 15.3. The quantitative estimate of drug-likeness (QED) is 0.638. The number of aliphatic hydroxyl groups excluding tert-OH is 1. The van der Waals surface area contributed by atoms with Crippen LogP contribution in [0.5, 0.6) is 5.75 Å². The van der Waals surface area contributed by atoms with Gasteiger partial charge in [-0.15, -0.1) is 0 Å². The molecule has 5 heteroatoms. The van der Waals surface area contributed by atoms with E-state index in [1.165, 1.54) is 13.2 Å². The molecule has 1 aromatic carbocycles. The van der Waals surface area contributed by atoms with Crippen LogP contribution in [0.1, 0.15) is 46.5 Å². The number of benzene rings is 1. The molecule has 0 saturated heterocycles. The summed E-state index contributed by atoms with van der Waals surface area (Å²) in [5.74, 6) is -0.355. The van der Waals surface area contributed by atoms with E-state index in [-0.39, 0.29) is 18.8 Å². The number of carbonyl (C=O) groups excluding carboxylic acids is 2. The molecule has 20 heavy (non-hydrogen) atoms. The molecule has 5 nitrogen and oxygen atoms in total. The predicted octanol–water partition coefficient (Wildman–Crippen LogP) is 2.13. The van der Waals surface area contributed by atoms with Crippen LogP contribution in [0.2, 0.25) is 0 Å². The first-order chi connectivity index (χ1) is 9.40. The highest BCUT2D eigenvalue weighted by Gasteiger charge is 2.20. The Kier molecular flexibility index (Phi) is 5.70. The second kappa shape index (κ2) is 7.05. The van der Waals surface area contributed by atoms with Gasteiger partial charge in [-0.05, 0) is 38.5 Å². The van der Waals surface area contributed by atoms with Gasteiger partial charge in [-0.3, -0.25) is 4.79 Å². The van der Waals surface area contributed by atoms with E-state index < -0.39 is 12.1 Å². The standard InChI is InChI=1S/C15H20O5/c1-5-20-15(18)11-6-9(2)14(13(8-11)19-4)12(17)7-10(3)16/h6,8,10,16H,5,7H2,1-4H3. The summed E-state index contributed by atoms with van der Waals surface area (Å²) in [6.07, 6.45) is -0.716. The number of Topliss-reactive ketones (excluding diaryl/α,β-unsaturated/α-hetero) is 1. The van der Waals surface area contributed by atoms with Crippen molar-refractivity contribution in [3.63, 3.8) is 0 Å². The summed E-state index contributed by atoms with van der Waals surface area (Å²) in [5, 5.41) is 9.32. The number of aryl methyl sites for hydroxylation is 1. The largest absolute Gasteiger partial charge is 0.496 e. The molecule has 1 atom stereocenters. The second-order valence-corrected chi connectivity index (χ2v) is 4.57. The predicted molar refractivity (Wildman–Crippen MR) is 74.3 cm³/mol. The van der Waals surface area contributed by atoms with Gasteiger partial charge in [0.2, 0.25) is 0 Å². The summed E-state index contributed by atoms with van der Waals surface area (Å²) in [7, 11) is 1.43. The molecule has 0 heterocycles. The fourth-order valence-corrected chi connectivity index (χ4v) is 1.98. The first kappa shape index (κ1) is 16.2. The number of ether oxygens (including phenoxy) is 2. The van der Waals surface area contributed by atoms with Crippen molar-refractivity contribution in [1.82, 2.24) is 0 Å². The first-order valence-corrected chi connectivity index (χ1v) is 6.47. The summed E-state index contributed by atoms with van der Waals surface area (Å²) < 4.78 is 10.1. The first-order valence-electron chi connectivity index (χ1n) is 6.47. The Morgan fingerprint density at radius 3 is 2.50 bits per heavy atom. The van der Waals surface area contributed by atoms with Gasteiger partial charge in [0.1, 0.15) is 5.75 Å². The second-order valence-electron chi connectivity index (χ2n) is 4.57. The third kappa shape index (κ3) is 3.81. The van der Waals surface area contributed by atoms with Crippen LogP contribution in [0.25, 0.3) is 0 Å². The van der Waals surface area contributed by atoms with E-state index in [0.29, 0.717) is 22.4 Å². The van der Waals surface area contributed by atoms with Crippen molar-refractivity contribution in [2.24, 2.45) is 0 Å². The third-order valence-corrected chi connectivity index (χ3v) is 2.79. The van der Waals surface area contributed by atoms with Gasteiger partial charge >= 0.3 is 5.97 Å². The lowest BCUT2D eigenvalue weighted by Gasteiger charge is -2.13. The summed E-state index contributed by atoms with van der Waals surface area (Å²) in [4.78, 5) is 23.8. The van der Waals surface area contributed by atoms with Crippen molar-refractivity contribution in [3.05, 3.63) is 28.8 Å². The Hall–Kier alpha value is -1.88. The maximum Gasteiger partial charge on any atom is 0.338 e. The Bertz CT molecular complexity index is 505. The highest BCUT2D eigenvalue weighted by molar-refractivity contribution is 6.02. The van der Waals surface area contributed by atoms with E-state index in [1.807, 2.05) is 0 Å². The molecule has 1 unspecified atom stereocenters. The summed E-state index contributed by atoms with van der Waals surface area (Å²) in [6.45, 7) is 5.28. The molecule has 1 rings (SSSR count). The molecule has 0 fully saturated rings. The SMILES string of the molecule is CCOC(=O)c1cc(C)c(C(=O)CC(C)O)c(OC)c1. The van der Waals surface area contributed by atoms with Crippen molar-refractivity contribution in [2.45, 2.75) is 33.3 Å². The fourth-order valence-electron chi connectivity index (χ4n) is 1.98. The maximum absolute atomic E-state index is 12.1. The number of methoxy groups -OCH3 is 1. The van der Waals surface area contributed by atoms with Crippen LogP contribution in [0.3, 0.4) is 0 Å². The van der Waals surface area contributed by atoms with E-state index in [1.54, 1.807) is 26.8 Å².